The number of hydrogen-bond acceptors (Lipinski definition) is 7. The lowest BCUT2D eigenvalue weighted by atomic mass is 9.90. The highest BCUT2D eigenvalue weighted by Gasteiger charge is 2.44. The summed E-state index contributed by atoms with van der Waals surface area (Å²) in [5.74, 6) is 1.33. The molecule has 32 heavy (non-hydrogen) atoms. The first-order valence-corrected chi connectivity index (χ1v) is 10.6. The largest absolute Gasteiger partial charge is 0.456 e. The van der Waals surface area contributed by atoms with Gasteiger partial charge in [0.25, 0.3) is 0 Å². The number of benzene rings is 2. The molecule has 0 unspecified atom stereocenters. The molecule has 5 atom stereocenters. The van der Waals surface area contributed by atoms with Crippen LogP contribution in [0.3, 0.4) is 0 Å². The molecule has 8 heteroatoms. The molecule has 0 aliphatic carbocycles. The second-order valence-electron chi connectivity index (χ2n) is 7.71. The highest BCUT2D eigenvalue weighted by Crippen LogP contribution is 2.34. The van der Waals surface area contributed by atoms with Gasteiger partial charge in [-0.25, -0.2) is 0 Å². The van der Waals surface area contributed by atoms with Crippen LogP contribution < -0.4 is 4.74 Å². The maximum absolute atomic E-state index is 10.4. The van der Waals surface area contributed by atoms with Crippen LogP contribution in [0.4, 0.5) is 0 Å². The van der Waals surface area contributed by atoms with Gasteiger partial charge >= 0.3 is 0 Å². The molecular formula is C24H24ClNO6. The summed E-state index contributed by atoms with van der Waals surface area (Å²) < 4.78 is 11.4. The summed E-state index contributed by atoms with van der Waals surface area (Å²) in [5, 5.41) is 40.5. The molecule has 3 aromatic rings. The maximum Gasteiger partial charge on any atom is 0.145 e. The first-order chi connectivity index (χ1) is 15.5. The molecule has 168 valence electrons. The Labute approximate surface area is 190 Å². The molecule has 0 amide bonds. The highest BCUT2D eigenvalue weighted by atomic mass is 35.5. The van der Waals surface area contributed by atoms with Gasteiger partial charge in [0.15, 0.2) is 0 Å². The van der Waals surface area contributed by atoms with Crippen molar-refractivity contribution in [2.75, 3.05) is 6.61 Å². The SMILES string of the molecule is OC[C@H]1O[C@@H](c2ccc(Cl)c(Cc3ccc(Oc4cccnc4)cc3)c2)[C@H](O)[C@@H](O)[C@@H]1O. The highest BCUT2D eigenvalue weighted by molar-refractivity contribution is 6.31. The molecule has 1 aliphatic rings. The number of ether oxygens (including phenoxy) is 2. The second kappa shape index (κ2) is 9.95. The van der Waals surface area contributed by atoms with Crippen molar-refractivity contribution in [3.63, 3.8) is 0 Å². The van der Waals surface area contributed by atoms with E-state index in [0.29, 0.717) is 28.5 Å². The molecule has 4 rings (SSSR count). The molecule has 7 nitrogen and oxygen atoms in total. The maximum atomic E-state index is 10.4. The summed E-state index contributed by atoms with van der Waals surface area (Å²) >= 11 is 6.40. The van der Waals surface area contributed by atoms with E-state index >= 15 is 0 Å². The third-order valence-corrected chi connectivity index (χ3v) is 5.85. The van der Waals surface area contributed by atoms with E-state index in [-0.39, 0.29) is 0 Å². The lowest BCUT2D eigenvalue weighted by Crippen LogP contribution is -2.55. The second-order valence-corrected chi connectivity index (χ2v) is 8.12. The van der Waals surface area contributed by atoms with Crippen molar-refractivity contribution in [1.82, 2.24) is 4.98 Å². The lowest BCUT2D eigenvalue weighted by Gasteiger charge is -2.40. The van der Waals surface area contributed by atoms with Crippen LogP contribution in [-0.2, 0) is 11.2 Å². The number of pyridine rings is 1. The van der Waals surface area contributed by atoms with Gasteiger partial charge in [-0.3, -0.25) is 4.98 Å². The van der Waals surface area contributed by atoms with Gasteiger partial charge < -0.3 is 29.9 Å². The predicted octanol–water partition coefficient (Wildman–Crippen LogP) is 2.63. The molecule has 0 bridgehead atoms. The number of aliphatic hydroxyl groups excluding tert-OH is 4. The van der Waals surface area contributed by atoms with E-state index in [4.69, 9.17) is 21.1 Å². The molecule has 1 aliphatic heterocycles. The first kappa shape index (κ1) is 22.7. The van der Waals surface area contributed by atoms with E-state index in [1.807, 2.05) is 30.3 Å². The zero-order chi connectivity index (χ0) is 22.7. The van der Waals surface area contributed by atoms with Gasteiger partial charge in [0, 0.05) is 11.2 Å². The van der Waals surface area contributed by atoms with Crippen molar-refractivity contribution in [2.24, 2.45) is 0 Å². The zero-order valence-electron chi connectivity index (χ0n) is 17.1. The number of nitrogens with zero attached hydrogens (tertiary/aromatic N) is 1. The van der Waals surface area contributed by atoms with E-state index in [0.717, 1.165) is 11.1 Å². The van der Waals surface area contributed by atoms with Gasteiger partial charge in [-0.05, 0) is 53.4 Å². The van der Waals surface area contributed by atoms with Crippen LogP contribution in [0.25, 0.3) is 0 Å². The van der Waals surface area contributed by atoms with E-state index in [9.17, 15) is 20.4 Å². The van der Waals surface area contributed by atoms with Crippen LogP contribution in [0, 0.1) is 0 Å². The van der Waals surface area contributed by atoms with Crippen molar-refractivity contribution in [1.29, 1.82) is 0 Å². The molecule has 2 heterocycles. The summed E-state index contributed by atoms with van der Waals surface area (Å²) in [4.78, 5) is 4.02. The van der Waals surface area contributed by atoms with Crippen molar-refractivity contribution < 1.29 is 29.9 Å². The fourth-order valence-electron chi connectivity index (χ4n) is 3.72. The lowest BCUT2D eigenvalue weighted by molar-refractivity contribution is -0.231. The van der Waals surface area contributed by atoms with E-state index in [1.54, 1.807) is 36.7 Å². The zero-order valence-corrected chi connectivity index (χ0v) is 17.8. The molecule has 1 saturated heterocycles. The monoisotopic (exact) mass is 457 g/mol. The smallest absolute Gasteiger partial charge is 0.145 e. The van der Waals surface area contributed by atoms with Crippen LogP contribution in [0.2, 0.25) is 5.02 Å². The molecule has 4 N–H and O–H groups in total. The molecular weight excluding hydrogens is 434 g/mol. The Balaban J connectivity index is 1.50. The van der Waals surface area contributed by atoms with Gasteiger partial charge in [-0.15, -0.1) is 0 Å². The van der Waals surface area contributed by atoms with E-state index in [1.165, 1.54) is 0 Å². The number of aromatic nitrogens is 1. The summed E-state index contributed by atoms with van der Waals surface area (Å²) in [7, 11) is 0. The van der Waals surface area contributed by atoms with E-state index in [2.05, 4.69) is 4.98 Å². The van der Waals surface area contributed by atoms with Crippen LogP contribution in [-0.4, -0.2) is 56.4 Å². The topological polar surface area (TPSA) is 112 Å². The van der Waals surface area contributed by atoms with Crippen LogP contribution in [0.15, 0.2) is 67.0 Å². The Morgan fingerprint density at radius 1 is 0.938 bits per heavy atom. The van der Waals surface area contributed by atoms with Gasteiger partial charge in [0.1, 0.15) is 42.0 Å². The van der Waals surface area contributed by atoms with Gasteiger partial charge in [-0.1, -0.05) is 35.9 Å². The average molecular weight is 458 g/mol. The Morgan fingerprint density at radius 3 is 2.41 bits per heavy atom. The minimum Gasteiger partial charge on any atom is -0.456 e. The van der Waals surface area contributed by atoms with E-state index < -0.39 is 37.1 Å². The van der Waals surface area contributed by atoms with Crippen LogP contribution in [0.1, 0.15) is 22.8 Å². The molecule has 2 aromatic carbocycles. The van der Waals surface area contributed by atoms with Crippen LogP contribution >= 0.6 is 11.6 Å². The summed E-state index contributed by atoms with van der Waals surface area (Å²) in [6.45, 7) is -0.477. The summed E-state index contributed by atoms with van der Waals surface area (Å²) in [6.07, 6.45) is -2.21. The summed E-state index contributed by atoms with van der Waals surface area (Å²) in [5.41, 5.74) is 2.40. The molecule has 0 radical (unpaired) electrons. The molecule has 0 spiro atoms. The number of hydrogen-bond donors (Lipinski definition) is 4. The molecule has 1 aromatic heterocycles. The first-order valence-electron chi connectivity index (χ1n) is 10.2. The molecule has 0 saturated carbocycles. The number of rotatable bonds is 6. The Kier molecular flexibility index (Phi) is 7.05. The van der Waals surface area contributed by atoms with Gasteiger partial charge in [0.2, 0.25) is 0 Å². The fourth-order valence-corrected chi connectivity index (χ4v) is 3.91. The standard InChI is InChI=1S/C24H24ClNO6/c25-19-8-5-15(24-23(30)22(29)21(28)20(13-27)32-24)11-16(19)10-14-3-6-17(7-4-14)31-18-2-1-9-26-12-18/h1-9,11-12,20-24,27-30H,10,13H2/t20-,21-,22+,23-,24+/m1/s1. The third-order valence-electron chi connectivity index (χ3n) is 5.48. The minimum absolute atomic E-state index is 0.477. The Bertz CT molecular complexity index is 1030. The normalized spacial score (nSPS) is 25.5. The minimum atomic E-state index is -1.43. The van der Waals surface area contributed by atoms with Crippen molar-refractivity contribution in [3.05, 3.63) is 88.7 Å². The van der Waals surface area contributed by atoms with Crippen molar-refractivity contribution in [2.45, 2.75) is 36.9 Å². The van der Waals surface area contributed by atoms with Gasteiger partial charge in [0.05, 0.1) is 12.8 Å². The predicted molar refractivity (Wildman–Crippen MR) is 118 cm³/mol. The van der Waals surface area contributed by atoms with Crippen molar-refractivity contribution >= 4 is 11.6 Å². The Morgan fingerprint density at radius 2 is 1.72 bits per heavy atom. The van der Waals surface area contributed by atoms with Crippen molar-refractivity contribution in [3.8, 4) is 11.5 Å². The average Bonchev–Trinajstić information content (AvgIpc) is 2.81. The number of aliphatic hydroxyl groups is 4. The molecule has 1 fully saturated rings. The third kappa shape index (κ3) is 4.94. The Hall–Kier alpha value is -2.52. The van der Waals surface area contributed by atoms with Crippen LogP contribution in [0.5, 0.6) is 11.5 Å². The fraction of sp³-hybridized carbons (Fsp3) is 0.292. The quantitative estimate of drug-likeness (QED) is 0.450. The van der Waals surface area contributed by atoms with Gasteiger partial charge in [-0.2, -0.15) is 0 Å². The summed E-state index contributed by atoms with van der Waals surface area (Å²) in [6, 6.07) is 16.4. The number of halogens is 1.